The second-order valence-corrected chi connectivity index (χ2v) is 4.86. The Labute approximate surface area is 101 Å². The van der Waals surface area contributed by atoms with E-state index in [-0.39, 0.29) is 6.10 Å². The van der Waals surface area contributed by atoms with Gasteiger partial charge in [0.25, 0.3) is 0 Å². The fraction of sp³-hybridized carbons (Fsp3) is 0.700. The summed E-state index contributed by atoms with van der Waals surface area (Å²) in [5, 5.41) is 0.430. The van der Waals surface area contributed by atoms with Gasteiger partial charge in [-0.2, -0.15) is 13.2 Å². The molecule has 1 aromatic heterocycles. The molecule has 1 aliphatic rings. The van der Waals surface area contributed by atoms with Crippen LogP contribution in [0.25, 0.3) is 0 Å². The smallest absolute Gasteiger partial charge is 0.375 e. The molecule has 0 radical (unpaired) electrons. The van der Waals surface area contributed by atoms with Crippen LogP contribution < -0.4 is 4.90 Å². The summed E-state index contributed by atoms with van der Waals surface area (Å²) in [5.41, 5.74) is 0. The molecule has 17 heavy (non-hydrogen) atoms. The van der Waals surface area contributed by atoms with Gasteiger partial charge in [-0.1, -0.05) is 18.3 Å². The second-order valence-electron chi connectivity index (χ2n) is 3.85. The molecule has 0 spiro atoms. The van der Waals surface area contributed by atoms with Crippen LogP contribution in [0.4, 0.5) is 18.3 Å². The minimum atomic E-state index is -4.30. The van der Waals surface area contributed by atoms with Crippen molar-refractivity contribution in [3.63, 3.8) is 0 Å². The van der Waals surface area contributed by atoms with Gasteiger partial charge in [0.05, 0.1) is 18.9 Å². The van der Waals surface area contributed by atoms with Crippen LogP contribution in [0.3, 0.4) is 0 Å². The van der Waals surface area contributed by atoms with Gasteiger partial charge in [-0.3, -0.25) is 0 Å². The second kappa shape index (κ2) is 4.81. The van der Waals surface area contributed by atoms with Crippen molar-refractivity contribution >= 4 is 16.5 Å². The molecule has 1 fully saturated rings. The first-order valence-electron chi connectivity index (χ1n) is 5.40. The zero-order valence-electron chi connectivity index (χ0n) is 9.33. The molecule has 1 unspecified atom stereocenters. The van der Waals surface area contributed by atoms with Crippen LogP contribution >= 0.6 is 11.3 Å². The fourth-order valence-corrected chi connectivity index (χ4v) is 2.50. The van der Waals surface area contributed by atoms with E-state index >= 15 is 0 Å². The van der Waals surface area contributed by atoms with E-state index in [1.165, 1.54) is 0 Å². The number of aromatic nitrogens is 1. The van der Waals surface area contributed by atoms with E-state index in [9.17, 15) is 13.2 Å². The third-order valence-corrected chi connectivity index (χ3v) is 3.74. The number of nitrogens with zero attached hydrogens (tertiary/aromatic N) is 2. The zero-order valence-corrected chi connectivity index (χ0v) is 10.1. The highest BCUT2D eigenvalue weighted by Gasteiger charge is 2.34. The van der Waals surface area contributed by atoms with E-state index < -0.39 is 11.1 Å². The molecule has 7 heteroatoms. The number of ether oxygens (including phenoxy) is 1. The fourth-order valence-electron chi connectivity index (χ4n) is 1.68. The SMILES string of the molecule is CCC1CN(c2ncc(C(F)(F)F)s2)CCO1. The summed E-state index contributed by atoms with van der Waals surface area (Å²) in [6.07, 6.45) is -2.46. The first-order chi connectivity index (χ1) is 8.00. The number of thiazole rings is 1. The Balaban J connectivity index is 2.09. The monoisotopic (exact) mass is 266 g/mol. The number of anilines is 1. The van der Waals surface area contributed by atoms with Crippen molar-refractivity contribution in [2.24, 2.45) is 0 Å². The molecule has 2 heterocycles. The summed E-state index contributed by atoms with van der Waals surface area (Å²) in [5.74, 6) is 0. The van der Waals surface area contributed by atoms with E-state index in [2.05, 4.69) is 4.98 Å². The highest BCUT2D eigenvalue weighted by Crippen LogP contribution is 2.36. The molecule has 0 aliphatic carbocycles. The maximum absolute atomic E-state index is 12.4. The van der Waals surface area contributed by atoms with Crippen LogP contribution in [0, 0.1) is 0 Å². The molecular formula is C10H13F3N2OS. The van der Waals surface area contributed by atoms with Crippen LogP contribution in [0.15, 0.2) is 6.20 Å². The van der Waals surface area contributed by atoms with Gasteiger partial charge in [0.2, 0.25) is 0 Å². The normalized spacial score (nSPS) is 21.9. The zero-order chi connectivity index (χ0) is 12.5. The third-order valence-electron chi connectivity index (χ3n) is 2.64. The van der Waals surface area contributed by atoms with Crippen LogP contribution in [-0.2, 0) is 10.9 Å². The third kappa shape index (κ3) is 2.90. The largest absolute Gasteiger partial charge is 0.427 e. The summed E-state index contributed by atoms with van der Waals surface area (Å²) in [4.78, 5) is 5.06. The molecule has 1 atom stereocenters. The molecule has 0 amide bonds. The Hall–Kier alpha value is -0.820. The topological polar surface area (TPSA) is 25.4 Å². The first kappa shape index (κ1) is 12.6. The highest BCUT2D eigenvalue weighted by atomic mass is 32.1. The van der Waals surface area contributed by atoms with Gasteiger partial charge < -0.3 is 9.64 Å². The van der Waals surface area contributed by atoms with E-state index in [0.29, 0.717) is 36.2 Å². The van der Waals surface area contributed by atoms with E-state index in [1.807, 2.05) is 11.8 Å². The van der Waals surface area contributed by atoms with Gasteiger partial charge in [-0.05, 0) is 6.42 Å². The van der Waals surface area contributed by atoms with Crippen LogP contribution in [0.1, 0.15) is 18.2 Å². The molecule has 0 bridgehead atoms. The summed E-state index contributed by atoms with van der Waals surface area (Å²) < 4.78 is 42.8. The van der Waals surface area contributed by atoms with Crippen molar-refractivity contribution in [1.29, 1.82) is 0 Å². The number of alkyl halides is 3. The standard InChI is InChI=1S/C10H13F3N2OS/c1-2-7-6-15(3-4-16-7)9-14-5-8(17-9)10(11,12)13/h5,7H,2-4,6H2,1H3. The lowest BCUT2D eigenvalue weighted by Gasteiger charge is -2.32. The number of hydrogen-bond acceptors (Lipinski definition) is 4. The van der Waals surface area contributed by atoms with Gasteiger partial charge in [0.15, 0.2) is 5.13 Å². The van der Waals surface area contributed by atoms with Crippen LogP contribution in [-0.4, -0.2) is 30.8 Å². The van der Waals surface area contributed by atoms with Crippen molar-refractivity contribution in [3.05, 3.63) is 11.1 Å². The highest BCUT2D eigenvalue weighted by molar-refractivity contribution is 7.15. The molecular weight excluding hydrogens is 253 g/mol. The van der Waals surface area contributed by atoms with Crippen molar-refractivity contribution in [2.45, 2.75) is 25.6 Å². The summed E-state index contributed by atoms with van der Waals surface area (Å²) in [7, 11) is 0. The van der Waals surface area contributed by atoms with E-state index in [4.69, 9.17) is 4.74 Å². The minimum Gasteiger partial charge on any atom is -0.375 e. The Morgan fingerprint density at radius 3 is 2.94 bits per heavy atom. The molecule has 1 saturated heterocycles. The average molecular weight is 266 g/mol. The van der Waals surface area contributed by atoms with E-state index in [1.54, 1.807) is 0 Å². The lowest BCUT2D eigenvalue weighted by atomic mass is 10.2. The van der Waals surface area contributed by atoms with Crippen LogP contribution in [0.5, 0.6) is 0 Å². The number of halogens is 3. The van der Waals surface area contributed by atoms with Crippen molar-refractivity contribution in [2.75, 3.05) is 24.6 Å². The molecule has 0 N–H and O–H groups in total. The predicted octanol–water partition coefficient (Wildman–Crippen LogP) is 2.78. The van der Waals surface area contributed by atoms with Gasteiger partial charge in [0.1, 0.15) is 4.88 Å². The van der Waals surface area contributed by atoms with Crippen molar-refractivity contribution < 1.29 is 17.9 Å². The molecule has 0 saturated carbocycles. The van der Waals surface area contributed by atoms with Crippen molar-refractivity contribution in [3.8, 4) is 0 Å². The Bertz CT molecular complexity index is 380. The van der Waals surface area contributed by atoms with E-state index in [0.717, 1.165) is 12.6 Å². The minimum absolute atomic E-state index is 0.0852. The van der Waals surface area contributed by atoms with Crippen molar-refractivity contribution in [1.82, 2.24) is 4.98 Å². The van der Waals surface area contributed by atoms with Gasteiger partial charge in [-0.25, -0.2) is 4.98 Å². The summed E-state index contributed by atoms with van der Waals surface area (Å²) in [6, 6.07) is 0. The van der Waals surface area contributed by atoms with Crippen LogP contribution in [0.2, 0.25) is 0 Å². The molecule has 1 aromatic rings. The molecule has 1 aliphatic heterocycles. The Morgan fingerprint density at radius 1 is 1.59 bits per heavy atom. The molecule has 2 rings (SSSR count). The number of rotatable bonds is 2. The number of morpholine rings is 1. The predicted molar refractivity (Wildman–Crippen MR) is 59.4 cm³/mol. The van der Waals surface area contributed by atoms with Gasteiger partial charge >= 0.3 is 6.18 Å². The maximum Gasteiger partial charge on any atom is 0.427 e. The maximum atomic E-state index is 12.4. The molecule has 3 nitrogen and oxygen atoms in total. The Kier molecular flexibility index (Phi) is 3.58. The molecule has 96 valence electrons. The quantitative estimate of drug-likeness (QED) is 0.823. The van der Waals surface area contributed by atoms with Gasteiger partial charge in [-0.15, -0.1) is 0 Å². The lowest BCUT2D eigenvalue weighted by molar-refractivity contribution is -0.134. The lowest BCUT2D eigenvalue weighted by Crippen LogP contribution is -2.42. The molecule has 0 aromatic carbocycles. The Morgan fingerprint density at radius 2 is 2.35 bits per heavy atom. The average Bonchev–Trinajstić information content (AvgIpc) is 2.78. The van der Waals surface area contributed by atoms with Gasteiger partial charge in [0, 0.05) is 13.1 Å². The summed E-state index contributed by atoms with van der Waals surface area (Å²) in [6.45, 7) is 3.75. The number of hydrogen-bond donors (Lipinski definition) is 0. The first-order valence-corrected chi connectivity index (χ1v) is 6.22. The summed E-state index contributed by atoms with van der Waals surface area (Å²) >= 11 is 0.693.